The second kappa shape index (κ2) is 6.49. The number of aromatic nitrogens is 3. The van der Waals surface area contributed by atoms with Crippen LogP contribution in [0.15, 0.2) is 59.8 Å². The van der Waals surface area contributed by atoms with Crippen LogP contribution in [-0.4, -0.2) is 25.7 Å². The van der Waals surface area contributed by atoms with Gasteiger partial charge in [0.1, 0.15) is 11.8 Å². The van der Waals surface area contributed by atoms with E-state index in [4.69, 9.17) is 11.6 Å². The van der Waals surface area contributed by atoms with Gasteiger partial charge in [-0.15, -0.1) is 5.10 Å². The summed E-state index contributed by atoms with van der Waals surface area (Å²) < 4.78 is 1.75. The van der Waals surface area contributed by atoms with Crippen molar-refractivity contribution in [3.63, 3.8) is 0 Å². The second-order valence-electron chi connectivity index (χ2n) is 7.00. The molecule has 2 N–H and O–H groups in total. The van der Waals surface area contributed by atoms with Crippen molar-refractivity contribution in [2.75, 3.05) is 5.32 Å². The predicted molar refractivity (Wildman–Crippen MR) is 106 cm³/mol. The Labute approximate surface area is 166 Å². The summed E-state index contributed by atoms with van der Waals surface area (Å²) in [4.78, 5) is 17.4. The Morgan fingerprint density at radius 2 is 1.96 bits per heavy atom. The lowest BCUT2D eigenvalue weighted by Crippen LogP contribution is -2.31. The molecule has 2 heterocycles. The maximum Gasteiger partial charge on any atom is 0.226 e. The number of nitrogens with zero attached hydrogens (tertiary/aromatic N) is 3. The molecule has 0 amide bonds. The largest absolute Gasteiger partial charge is 0.508 e. The second-order valence-corrected chi connectivity index (χ2v) is 7.44. The van der Waals surface area contributed by atoms with Crippen molar-refractivity contribution in [3.8, 4) is 17.1 Å². The van der Waals surface area contributed by atoms with Crippen LogP contribution in [0.3, 0.4) is 0 Å². The molecule has 0 unspecified atom stereocenters. The first kappa shape index (κ1) is 17.0. The predicted octanol–water partition coefficient (Wildman–Crippen LogP) is 4.33. The van der Waals surface area contributed by atoms with E-state index in [-0.39, 0.29) is 17.6 Å². The molecule has 5 rings (SSSR count). The van der Waals surface area contributed by atoms with Crippen molar-refractivity contribution in [2.45, 2.75) is 25.3 Å². The molecule has 1 aromatic heterocycles. The highest BCUT2D eigenvalue weighted by Gasteiger charge is 2.36. The lowest BCUT2D eigenvalue weighted by Gasteiger charge is -2.32. The third-order valence-electron chi connectivity index (χ3n) is 5.16. The summed E-state index contributed by atoms with van der Waals surface area (Å²) in [7, 11) is 0. The van der Waals surface area contributed by atoms with Crippen LogP contribution >= 0.6 is 11.6 Å². The van der Waals surface area contributed by atoms with Crippen LogP contribution in [-0.2, 0) is 4.79 Å². The number of carbonyl (C=O) groups is 1. The number of anilines is 1. The summed E-state index contributed by atoms with van der Waals surface area (Å²) in [5.74, 6) is 1.37. The molecule has 140 valence electrons. The first-order valence-corrected chi connectivity index (χ1v) is 9.52. The van der Waals surface area contributed by atoms with Crippen molar-refractivity contribution in [2.24, 2.45) is 0 Å². The summed E-state index contributed by atoms with van der Waals surface area (Å²) in [6, 6.07) is 13.9. The third-order valence-corrected chi connectivity index (χ3v) is 5.41. The number of rotatable bonds is 2. The number of halogens is 1. The number of hydrogen-bond acceptors (Lipinski definition) is 5. The average Bonchev–Trinajstić information content (AvgIpc) is 3.11. The van der Waals surface area contributed by atoms with Gasteiger partial charge in [0, 0.05) is 28.3 Å². The Bertz CT molecular complexity index is 1120. The van der Waals surface area contributed by atoms with Crippen LogP contribution in [0.4, 0.5) is 5.95 Å². The van der Waals surface area contributed by atoms with Gasteiger partial charge in [-0.1, -0.05) is 35.9 Å². The molecule has 1 aliphatic heterocycles. The van der Waals surface area contributed by atoms with E-state index in [0.29, 0.717) is 28.8 Å². The average molecular weight is 393 g/mol. The fourth-order valence-electron chi connectivity index (χ4n) is 3.88. The number of carbonyl (C=O) groups excluding carboxylic acids is 1. The molecule has 0 saturated carbocycles. The molecule has 3 aromatic rings. The van der Waals surface area contributed by atoms with Gasteiger partial charge in [-0.3, -0.25) is 4.79 Å². The van der Waals surface area contributed by atoms with E-state index < -0.39 is 0 Å². The third kappa shape index (κ3) is 2.77. The number of phenolic OH excluding ortho intramolecular Hbond substituents is 1. The number of aromatic hydroxyl groups is 1. The monoisotopic (exact) mass is 392 g/mol. The molecule has 1 aliphatic carbocycles. The van der Waals surface area contributed by atoms with E-state index in [2.05, 4.69) is 15.4 Å². The number of benzene rings is 2. The van der Waals surface area contributed by atoms with Gasteiger partial charge in [-0.2, -0.15) is 4.98 Å². The highest BCUT2D eigenvalue weighted by Crippen LogP contribution is 2.40. The fourth-order valence-corrected chi connectivity index (χ4v) is 4.00. The molecule has 2 aromatic carbocycles. The smallest absolute Gasteiger partial charge is 0.226 e. The first-order chi connectivity index (χ1) is 13.6. The van der Waals surface area contributed by atoms with Crippen molar-refractivity contribution < 1.29 is 9.90 Å². The molecule has 28 heavy (non-hydrogen) atoms. The lowest BCUT2D eigenvalue weighted by molar-refractivity contribution is -0.116. The van der Waals surface area contributed by atoms with Gasteiger partial charge in [0.15, 0.2) is 11.6 Å². The highest BCUT2D eigenvalue weighted by molar-refractivity contribution is 6.30. The molecule has 7 heteroatoms. The molecule has 2 aliphatic rings. The first-order valence-electron chi connectivity index (χ1n) is 9.15. The minimum absolute atomic E-state index is 0.133. The normalized spacial score (nSPS) is 18.5. The summed E-state index contributed by atoms with van der Waals surface area (Å²) in [5.41, 5.74) is 3.30. The molecule has 6 nitrogen and oxygen atoms in total. The van der Waals surface area contributed by atoms with Crippen LogP contribution < -0.4 is 5.32 Å². The molecular formula is C21H17ClN4O2. The van der Waals surface area contributed by atoms with Crippen molar-refractivity contribution in [1.82, 2.24) is 14.8 Å². The molecule has 0 radical (unpaired) electrons. The summed E-state index contributed by atoms with van der Waals surface area (Å²) in [6.07, 6.45) is 2.17. The summed E-state index contributed by atoms with van der Waals surface area (Å²) >= 11 is 6.07. The van der Waals surface area contributed by atoms with Crippen LogP contribution in [0.1, 0.15) is 30.9 Å². The van der Waals surface area contributed by atoms with Crippen molar-refractivity contribution in [3.05, 3.63) is 70.4 Å². The Hall–Kier alpha value is -3.12. The molecule has 0 fully saturated rings. The van der Waals surface area contributed by atoms with Crippen LogP contribution in [0.25, 0.3) is 11.4 Å². The number of allylic oxidation sites excluding steroid dienone is 2. The minimum atomic E-state index is -0.352. The Kier molecular flexibility index (Phi) is 3.94. The Morgan fingerprint density at radius 3 is 2.75 bits per heavy atom. The van der Waals surface area contributed by atoms with Crippen LogP contribution in [0.5, 0.6) is 5.75 Å². The molecular weight excluding hydrogens is 376 g/mol. The maximum absolute atomic E-state index is 12.8. The van der Waals surface area contributed by atoms with Gasteiger partial charge in [0.2, 0.25) is 5.95 Å². The SMILES string of the molecule is O=C1CCCC2=C1[C@H](c1ccc(Cl)cc1)n1nc(-c3cccc(O)c3)nc1N2. The summed E-state index contributed by atoms with van der Waals surface area (Å²) in [6.45, 7) is 0. The van der Waals surface area contributed by atoms with Gasteiger partial charge < -0.3 is 10.4 Å². The van der Waals surface area contributed by atoms with E-state index in [9.17, 15) is 9.90 Å². The number of hydrogen-bond donors (Lipinski definition) is 2. The molecule has 1 atom stereocenters. The van der Waals surface area contributed by atoms with Crippen molar-refractivity contribution in [1.29, 1.82) is 0 Å². The fraction of sp³-hybridized carbons (Fsp3) is 0.190. The number of Topliss-reactive ketones (excluding diaryl/α,β-unsaturated/α-hetero) is 1. The summed E-state index contributed by atoms with van der Waals surface area (Å²) in [5, 5.41) is 18.4. The zero-order valence-corrected chi connectivity index (χ0v) is 15.6. The Balaban J connectivity index is 1.68. The van der Waals surface area contributed by atoms with E-state index in [1.165, 1.54) is 0 Å². The lowest BCUT2D eigenvalue weighted by atomic mass is 9.85. The minimum Gasteiger partial charge on any atom is -0.508 e. The van der Waals surface area contributed by atoms with E-state index in [1.807, 2.05) is 30.3 Å². The molecule has 0 bridgehead atoms. The van der Waals surface area contributed by atoms with Crippen molar-refractivity contribution >= 4 is 23.3 Å². The molecule has 0 spiro atoms. The highest BCUT2D eigenvalue weighted by atomic mass is 35.5. The van der Waals surface area contributed by atoms with Crippen LogP contribution in [0.2, 0.25) is 5.02 Å². The van der Waals surface area contributed by atoms with E-state index in [0.717, 1.165) is 29.7 Å². The number of phenols is 1. The number of nitrogens with one attached hydrogen (secondary N) is 1. The number of ketones is 1. The molecule has 0 saturated heterocycles. The van der Waals surface area contributed by atoms with Gasteiger partial charge in [-0.25, -0.2) is 4.68 Å². The van der Waals surface area contributed by atoms with Gasteiger partial charge in [-0.05, 0) is 42.7 Å². The zero-order chi connectivity index (χ0) is 19.3. The van der Waals surface area contributed by atoms with Gasteiger partial charge in [0.25, 0.3) is 0 Å². The zero-order valence-electron chi connectivity index (χ0n) is 14.9. The quantitative estimate of drug-likeness (QED) is 0.678. The maximum atomic E-state index is 12.8. The Morgan fingerprint density at radius 1 is 1.14 bits per heavy atom. The van der Waals surface area contributed by atoms with Crippen LogP contribution in [0, 0.1) is 0 Å². The topological polar surface area (TPSA) is 80.0 Å². The van der Waals surface area contributed by atoms with E-state index in [1.54, 1.807) is 22.9 Å². The van der Waals surface area contributed by atoms with Gasteiger partial charge >= 0.3 is 0 Å². The van der Waals surface area contributed by atoms with Gasteiger partial charge in [0.05, 0.1) is 0 Å². The standard InChI is InChI=1S/C21H17ClN4O2/c22-14-9-7-12(8-10-14)19-18-16(5-2-6-17(18)28)23-21-24-20(25-26(19)21)13-3-1-4-15(27)11-13/h1,3-4,7-11,19,27H,2,5-6H2,(H,23,24,25)/t19-/m0/s1. The van der Waals surface area contributed by atoms with E-state index >= 15 is 0 Å². The number of fused-ring (bicyclic) bond motifs is 1.